The van der Waals surface area contributed by atoms with Gasteiger partial charge in [-0.1, -0.05) is 47.5 Å². The molecule has 1 N–H and O–H groups in total. The Morgan fingerprint density at radius 3 is 1.94 bits per heavy atom. The minimum atomic E-state index is -0.921. The third-order valence-electron chi connectivity index (χ3n) is 11.2. The van der Waals surface area contributed by atoms with Crippen molar-refractivity contribution in [2.75, 3.05) is 51.1 Å². The van der Waals surface area contributed by atoms with Crippen LogP contribution in [0.15, 0.2) is 42.5 Å². The lowest BCUT2D eigenvalue weighted by Gasteiger charge is -2.41. The summed E-state index contributed by atoms with van der Waals surface area (Å²) in [5.41, 5.74) is 4.67. The van der Waals surface area contributed by atoms with Crippen LogP contribution in [0, 0.1) is 25.7 Å². The van der Waals surface area contributed by atoms with Crippen LogP contribution in [0.5, 0.6) is 0 Å². The van der Waals surface area contributed by atoms with Gasteiger partial charge in [-0.2, -0.15) is 0 Å². The number of ether oxygens (including phenoxy) is 2. The van der Waals surface area contributed by atoms with Crippen molar-refractivity contribution in [1.82, 2.24) is 19.6 Å². The van der Waals surface area contributed by atoms with Crippen molar-refractivity contribution < 1.29 is 28.7 Å². The number of amides is 5. The monoisotopic (exact) mass is 715 g/mol. The second-order valence-corrected chi connectivity index (χ2v) is 16.3. The van der Waals surface area contributed by atoms with Crippen molar-refractivity contribution in [3.8, 4) is 0 Å². The maximum absolute atomic E-state index is 14.1. The lowest BCUT2D eigenvalue weighted by atomic mass is 9.79. The normalized spacial score (nSPS) is 20.1. The van der Waals surface area contributed by atoms with E-state index in [4.69, 9.17) is 9.47 Å². The maximum atomic E-state index is 14.1. The number of rotatable bonds is 6. The summed E-state index contributed by atoms with van der Waals surface area (Å²) in [5, 5.41) is 3.06. The molecule has 11 heteroatoms. The molecule has 0 saturated carbocycles. The van der Waals surface area contributed by atoms with E-state index in [0.717, 1.165) is 60.0 Å². The molecule has 282 valence electrons. The minimum Gasteiger partial charge on any atom is -0.444 e. The Morgan fingerprint density at radius 2 is 1.33 bits per heavy atom. The highest BCUT2D eigenvalue weighted by Gasteiger charge is 2.37. The highest BCUT2D eigenvalue weighted by atomic mass is 16.6. The average molecular weight is 716 g/mol. The van der Waals surface area contributed by atoms with Crippen LogP contribution < -0.4 is 5.32 Å². The van der Waals surface area contributed by atoms with Crippen LogP contribution in [0.25, 0.3) is 0 Å². The van der Waals surface area contributed by atoms with Crippen LogP contribution in [0.1, 0.15) is 81.5 Å². The number of piperidine rings is 3. The Labute approximate surface area is 309 Å². The van der Waals surface area contributed by atoms with Gasteiger partial charge in [-0.05, 0) is 109 Å². The molecule has 0 unspecified atom stereocenters. The second-order valence-electron chi connectivity index (χ2n) is 16.3. The highest BCUT2D eigenvalue weighted by Crippen LogP contribution is 2.34. The molecule has 0 bridgehead atoms. The molecule has 3 fully saturated rings. The third-order valence-corrected chi connectivity index (χ3v) is 11.2. The van der Waals surface area contributed by atoms with Crippen LogP contribution >= 0.6 is 0 Å². The summed E-state index contributed by atoms with van der Waals surface area (Å²) in [5.74, 6) is 0.867. The summed E-state index contributed by atoms with van der Waals surface area (Å²) in [4.78, 5) is 60.8. The van der Waals surface area contributed by atoms with Gasteiger partial charge in [-0.3, -0.25) is 4.79 Å². The predicted molar refractivity (Wildman–Crippen MR) is 200 cm³/mol. The van der Waals surface area contributed by atoms with E-state index >= 15 is 0 Å². The summed E-state index contributed by atoms with van der Waals surface area (Å²) in [6, 6.07) is 14.1. The van der Waals surface area contributed by atoms with E-state index in [-0.39, 0.29) is 24.1 Å². The Bertz CT molecular complexity index is 1580. The topological polar surface area (TPSA) is 112 Å². The number of carbonyl (C=O) groups excluding carboxylic acids is 4. The van der Waals surface area contributed by atoms with Crippen molar-refractivity contribution >= 4 is 29.8 Å². The van der Waals surface area contributed by atoms with Crippen molar-refractivity contribution in [2.45, 2.75) is 104 Å². The fourth-order valence-corrected chi connectivity index (χ4v) is 8.55. The molecular formula is C41H57N5O6. The van der Waals surface area contributed by atoms with Crippen LogP contribution in [-0.4, -0.2) is 107 Å². The number of nitrogens with one attached hydrogen (secondary N) is 1. The van der Waals surface area contributed by atoms with Gasteiger partial charge in [0.15, 0.2) is 6.10 Å². The summed E-state index contributed by atoms with van der Waals surface area (Å²) in [6.07, 6.45) is 4.45. The number of aryl methyl sites for hydroxylation is 2. The van der Waals surface area contributed by atoms with Crippen LogP contribution in [-0.2, 0) is 27.1 Å². The summed E-state index contributed by atoms with van der Waals surface area (Å²) < 4.78 is 11.7. The van der Waals surface area contributed by atoms with Gasteiger partial charge in [-0.15, -0.1) is 0 Å². The summed E-state index contributed by atoms with van der Waals surface area (Å²) >= 11 is 0. The van der Waals surface area contributed by atoms with Gasteiger partial charge < -0.3 is 34.4 Å². The molecule has 4 aliphatic rings. The lowest BCUT2D eigenvalue weighted by Crippen LogP contribution is -2.52. The minimum absolute atomic E-state index is 0.0249. The van der Waals surface area contributed by atoms with Gasteiger partial charge in [0.1, 0.15) is 5.60 Å². The molecule has 4 heterocycles. The van der Waals surface area contributed by atoms with E-state index in [0.29, 0.717) is 76.9 Å². The SMILES string of the molecule is Cc1cc(C)cc(C[C@@H](OC(=O)N2CCC(N3CCc4ccccc4NC3=O)CC2)C(=O)N2CCC(C3CCN(C(=O)OC(C)(C)C)CC3)CC2)c1. The standard InChI is InChI=1S/C41H57N5O6/c1-28-24-29(2)26-30(25-28)27-36(37(47)43-17-10-31(11-18-43)32-12-19-45(20-13-32)40(50)52-41(3,4)5)51-39(49)44-21-15-34(16-22-44)46-23-14-33-8-6-7-9-35(33)42-38(46)48/h6-9,24-26,31-32,34,36H,10-23,27H2,1-5H3,(H,42,48)/t36-/m1/s1. The molecule has 0 radical (unpaired) electrons. The Kier molecular flexibility index (Phi) is 11.7. The number of hydrogen-bond acceptors (Lipinski definition) is 6. The quantitative estimate of drug-likeness (QED) is 0.353. The molecule has 2 aromatic rings. The zero-order valence-electron chi connectivity index (χ0n) is 31.7. The van der Waals surface area contributed by atoms with E-state index in [1.165, 1.54) is 0 Å². The van der Waals surface area contributed by atoms with Crippen molar-refractivity contribution in [3.63, 3.8) is 0 Å². The summed E-state index contributed by atoms with van der Waals surface area (Å²) in [7, 11) is 0. The lowest BCUT2D eigenvalue weighted by molar-refractivity contribution is -0.142. The molecule has 4 aliphatic heterocycles. The number of urea groups is 1. The molecule has 1 atom stereocenters. The first kappa shape index (κ1) is 37.5. The van der Waals surface area contributed by atoms with E-state index in [2.05, 4.69) is 29.6 Å². The fourth-order valence-electron chi connectivity index (χ4n) is 8.55. The smallest absolute Gasteiger partial charge is 0.410 e. The van der Waals surface area contributed by atoms with Gasteiger partial charge in [0.2, 0.25) is 0 Å². The molecule has 11 nitrogen and oxygen atoms in total. The van der Waals surface area contributed by atoms with Gasteiger partial charge in [-0.25, -0.2) is 14.4 Å². The van der Waals surface area contributed by atoms with Gasteiger partial charge in [0.05, 0.1) is 0 Å². The van der Waals surface area contributed by atoms with E-state index in [1.54, 1.807) is 4.90 Å². The van der Waals surface area contributed by atoms with E-state index < -0.39 is 17.8 Å². The highest BCUT2D eigenvalue weighted by molar-refractivity contribution is 5.91. The number of para-hydroxylation sites is 1. The predicted octanol–water partition coefficient (Wildman–Crippen LogP) is 6.79. The largest absolute Gasteiger partial charge is 0.444 e. The number of anilines is 1. The molecule has 3 saturated heterocycles. The number of nitrogens with zero attached hydrogens (tertiary/aromatic N) is 4. The first-order valence-corrected chi connectivity index (χ1v) is 19.3. The maximum Gasteiger partial charge on any atom is 0.410 e. The van der Waals surface area contributed by atoms with Crippen molar-refractivity contribution in [2.24, 2.45) is 11.8 Å². The zero-order valence-corrected chi connectivity index (χ0v) is 31.7. The Hall–Kier alpha value is -4.28. The Morgan fingerprint density at radius 1 is 0.769 bits per heavy atom. The Balaban J connectivity index is 1.04. The number of benzene rings is 2. The van der Waals surface area contributed by atoms with Gasteiger partial charge in [0.25, 0.3) is 5.91 Å². The molecule has 2 aromatic carbocycles. The van der Waals surface area contributed by atoms with Crippen LogP contribution in [0.4, 0.5) is 20.1 Å². The zero-order chi connectivity index (χ0) is 37.0. The molecule has 0 aliphatic carbocycles. The van der Waals surface area contributed by atoms with Crippen LogP contribution in [0.3, 0.4) is 0 Å². The number of likely N-dealkylation sites (tertiary alicyclic amines) is 3. The number of carbonyl (C=O) groups is 4. The van der Waals surface area contributed by atoms with Gasteiger partial charge >= 0.3 is 18.2 Å². The molecule has 6 rings (SSSR count). The molecule has 52 heavy (non-hydrogen) atoms. The van der Waals surface area contributed by atoms with Crippen molar-refractivity contribution in [1.29, 1.82) is 0 Å². The number of fused-ring (bicyclic) bond motifs is 1. The third kappa shape index (κ3) is 9.38. The van der Waals surface area contributed by atoms with Gasteiger partial charge in [0, 0.05) is 64.0 Å². The first-order valence-electron chi connectivity index (χ1n) is 19.3. The summed E-state index contributed by atoms with van der Waals surface area (Å²) in [6.45, 7) is 14.0. The van der Waals surface area contributed by atoms with E-state index in [9.17, 15) is 19.2 Å². The van der Waals surface area contributed by atoms with Crippen molar-refractivity contribution in [3.05, 3.63) is 64.7 Å². The fraction of sp³-hybridized carbons (Fsp3) is 0.610. The first-order chi connectivity index (χ1) is 24.8. The molecule has 0 aromatic heterocycles. The van der Waals surface area contributed by atoms with E-state index in [1.807, 2.05) is 67.5 Å². The number of hydrogen-bond donors (Lipinski definition) is 1. The second kappa shape index (κ2) is 16.2. The molecule has 0 spiro atoms. The van der Waals surface area contributed by atoms with Crippen LogP contribution in [0.2, 0.25) is 0 Å². The average Bonchev–Trinajstić information content (AvgIpc) is 3.28. The molecular weight excluding hydrogens is 658 g/mol. The molecule has 5 amide bonds.